The number of sulfonamides is 2. The van der Waals surface area contributed by atoms with Crippen LogP contribution < -0.4 is 3.71 Å². The first-order chi connectivity index (χ1) is 9.97. The smallest absolute Gasteiger partial charge is 0.258 e. The lowest BCUT2D eigenvalue weighted by molar-refractivity contribution is -0.387. The molecule has 1 aromatic carbocycles. The van der Waals surface area contributed by atoms with Gasteiger partial charge in [0.2, 0.25) is 25.9 Å². The molecule has 0 radical (unpaired) electrons. The fraction of sp³-hybridized carbons (Fsp3) is 0.400. The number of nitro benzene ring substituents is 1. The Morgan fingerprint density at radius 1 is 1.18 bits per heavy atom. The number of rotatable bonds is 6. The Kier molecular flexibility index (Phi) is 5.51. The first-order valence-electron chi connectivity index (χ1n) is 5.87. The van der Waals surface area contributed by atoms with E-state index in [2.05, 4.69) is 15.9 Å². The van der Waals surface area contributed by atoms with Crippen molar-refractivity contribution in [1.29, 1.82) is 0 Å². The maximum atomic E-state index is 13.5. The molecule has 1 aromatic rings. The van der Waals surface area contributed by atoms with Gasteiger partial charge in [0.05, 0.1) is 22.1 Å². The minimum atomic E-state index is -4.29. The number of hydrogen-bond acceptors (Lipinski definition) is 6. The molecule has 0 aliphatic rings. The van der Waals surface area contributed by atoms with Crippen LogP contribution >= 0.6 is 15.9 Å². The molecule has 0 aliphatic heterocycles. The number of nitrogens with zero attached hydrogens (tertiary/aromatic N) is 2. The van der Waals surface area contributed by atoms with Crippen molar-refractivity contribution in [2.75, 3.05) is 15.2 Å². The van der Waals surface area contributed by atoms with E-state index in [1.54, 1.807) is 0 Å². The minimum Gasteiger partial charge on any atom is -0.258 e. The third kappa shape index (κ3) is 3.55. The Balaban J connectivity index is 3.79. The first kappa shape index (κ1) is 18.8. The number of anilines is 1. The topological polar surface area (TPSA) is 115 Å². The van der Waals surface area contributed by atoms with Crippen molar-refractivity contribution in [3.05, 3.63) is 32.5 Å². The molecule has 0 amide bonds. The fourth-order valence-electron chi connectivity index (χ4n) is 1.51. The second kappa shape index (κ2) is 6.46. The highest BCUT2D eigenvalue weighted by molar-refractivity contribution is 9.10. The van der Waals surface area contributed by atoms with Crippen LogP contribution in [0.25, 0.3) is 0 Å². The zero-order valence-corrected chi connectivity index (χ0v) is 14.7. The normalized spacial score (nSPS) is 12.2. The van der Waals surface area contributed by atoms with Crippen molar-refractivity contribution in [3.63, 3.8) is 0 Å². The summed E-state index contributed by atoms with van der Waals surface area (Å²) in [6.07, 6.45) is 0. The lowest BCUT2D eigenvalue weighted by Crippen LogP contribution is -2.39. The van der Waals surface area contributed by atoms with Gasteiger partial charge in [-0.3, -0.25) is 10.1 Å². The minimum absolute atomic E-state index is 0.0938. The van der Waals surface area contributed by atoms with Crippen molar-refractivity contribution in [3.8, 4) is 0 Å². The van der Waals surface area contributed by atoms with Gasteiger partial charge in [0.15, 0.2) is 0 Å². The van der Waals surface area contributed by atoms with E-state index in [1.165, 1.54) is 13.8 Å². The summed E-state index contributed by atoms with van der Waals surface area (Å²) in [7, 11) is -8.58. The molecule has 0 unspecified atom stereocenters. The maximum Gasteiger partial charge on any atom is 0.307 e. The molecule has 0 heterocycles. The van der Waals surface area contributed by atoms with Gasteiger partial charge >= 0.3 is 5.69 Å². The standard InChI is InChI=1S/C10H12BrFN2O6S2/c1-3-21(17,18)14(22(19,20)4-2)9-6-10(13(15)16)8(12)5-7(9)11/h5-6H,3-4H2,1-2H3. The van der Waals surface area contributed by atoms with Crippen LogP contribution in [0.3, 0.4) is 0 Å². The SMILES string of the molecule is CCS(=O)(=O)N(c1cc([N+](=O)[O-])c(F)cc1Br)S(=O)(=O)CC. The Hall–Kier alpha value is -1.27. The molecule has 8 nitrogen and oxygen atoms in total. The first-order valence-corrected chi connectivity index (χ1v) is 9.88. The van der Waals surface area contributed by atoms with Crippen LogP contribution in [0, 0.1) is 15.9 Å². The quantitative estimate of drug-likeness (QED) is 0.515. The molecule has 0 saturated carbocycles. The number of hydrogen-bond donors (Lipinski definition) is 0. The summed E-state index contributed by atoms with van der Waals surface area (Å²) in [5.41, 5.74) is -1.56. The number of nitro groups is 1. The van der Waals surface area contributed by atoms with Crippen LogP contribution in [0.15, 0.2) is 16.6 Å². The van der Waals surface area contributed by atoms with Gasteiger partial charge in [-0.15, -0.1) is 0 Å². The molecule has 124 valence electrons. The maximum absolute atomic E-state index is 13.5. The van der Waals surface area contributed by atoms with Gasteiger partial charge in [-0.25, -0.2) is 16.8 Å². The second-order valence-electron chi connectivity index (χ2n) is 4.01. The van der Waals surface area contributed by atoms with Gasteiger partial charge in [0, 0.05) is 10.5 Å². The molecule has 0 fully saturated rings. The van der Waals surface area contributed by atoms with Crippen LogP contribution in [0.4, 0.5) is 15.8 Å². The third-order valence-electron chi connectivity index (χ3n) is 2.64. The third-order valence-corrected chi connectivity index (χ3v) is 7.51. The van der Waals surface area contributed by atoms with E-state index >= 15 is 0 Å². The van der Waals surface area contributed by atoms with Crippen LogP contribution in [-0.2, 0) is 20.0 Å². The summed E-state index contributed by atoms with van der Waals surface area (Å²) in [5, 5.41) is 10.8. The highest BCUT2D eigenvalue weighted by atomic mass is 79.9. The van der Waals surface area contributed by atoms with Gasteiger partial charge in [-0.2, -0.15) is 8.10 Å². The molecule has 0 bridgehead atoms. The van der Waals surface area contributed by atoms with Gasteiger partial charge in [0.1, 0.15) is 0 Å². The predicted octanol–water partition coefficient (Wildman–Crippen LogP) is 2.00. The van der Waals surface area contributed by atoms with E-state index in [0.717, 1.165) is 0 Å². The van der Waals surface area contributed by atoms with E-state index in [9.17, 15) is 31.3 Å². The van der Waals surface area contributed by atoms with Crippen LogP contribution in [0.5, 0.6) is 0 Å². The van der Waals surface area contributed by atoms with Gasteiger partial charge in [-0.05, 0) is 35.8 Å². The summed E-state index contributed by atoms with van der Waals surface area (Å²) in [5.74, 6) is -2.32. The Morgan fingerprint density at radius 3 is 2.00 bits per heavy atom. The summed E-state index contributed by atoms with van der Waals surface area (Å²) < 4.78 is 61.7. The Bertz CT molecular complexity index is 775. The van der Waals surface area contributed by atoms with Crippen LogP contribution in [0.2, 0.25) is 0 Å². The van der Waals surface area contributed by atoms with Crippen molar-refractivity contribution in [2.24, 2.45) is 0 Å². The molecule has 0 spiro atoms. The average molecular weight is 419 g/mol. The summed E-state index contributed by atoms with van der Waals surface area (Å²) >= 11 is 2.84. The molecule has 0 saturated heterocycles. The molecule has 1 rings (SSSR count). The molecule has 0 atom stereocenters. The molecule has 22 heavy (non-hydrogen) atoms. The summed E-state index contributed by atoms with van der Waals surface area (Å²) in [4.78, 5) is 9.71. The van der Waals surface area contributed by atoms with E-state index < -0.39 is 53.7 Å². The fourth-order valence-corrected chi connectivity index (χ4v) is 5.63. The number of halogens is 2. The lowest BCUT2D eigenvalue weighted by atomic mass is 10.3. The molecular weight excluding hydrogens is 407 g/mol. The highest BCUT2D eigenvalue weighted by Crippen LogP contribution is 2.36. The van der Waals surface area contributed by atoms with Gasteiger partial charge < -0.3 is 0 Å². The molecule has 12 heteroatoms. The van der Waals surface area contributed by atoms with Crippen LogP contribution in [0.1, 0.15) is 13.8 Å². The lowest BCUT2D eigenvalue weighted by Gasteiger charge is -2.23. The second-order valence-corrected chi connectivity index (χ2v) is 9.31. The zero-order chi connectivity index (χ0) is 17.3. The van der Waals surface area contributed by atoms with E-state index in [4.69, 9.17) is 0 Å². The van der Waals surface area contributed by atoms with Crippen molar-refractivity contribution in [1.82, 2.24) is 0 Å². The van der Waals surface area contributed by atoms with Crippen molar-refractivity contribution >= 4 is 47.4 Å². The number of benzene rings is 1. The van der Waals surface area contributed by atoms with Crippen LogP contribution in [-0.4, -0.2) is 33.3 Å². The largest absolute Gasteiger partial charge is 0.307 e. The van der Waals surface area contributed by atoms with Crippen molar-refractivity contribution in [2.45, 2.75) is 13.8 Å². The molecule has 0 N–H and O–H groups in total. The van der Waals surface area contributed by atoms with Gasteiger partial charge in [0.25, 0.3) is 0 Å². The summed E-state index contributed by atoms with van der Waals surface area (Å²) in [6.45, 7) is 2.44. The highest BCUT2D eigenvalue weighted by Gasteiger charge is 2.35. The average Bonchev–Trinajstić information content (AvgIpc) is 2.40. The molecule has 0 aromatic heterocycles. The molecule has 0 aliphatic carbocycles. The predicted molar refractivity (Wildman–Crippen MR) is 82.2 cm³/mol. The monoisotopic (exact) mass is 418 g/mol. The van der Waals surface area contributed by atoms with E-state index in [-0.39, 0.29) is 8.18 Å². The zero-order valence-electron chi connectivity index (χ0n) is 11.5. The van der Waals surface area contributed by atoms with Crippen molar-refractivity contribution < 1.29 is 26.1 Å². The Morgan fingerprint density at radius 2 is 1.64 bits per heavy atom. The summed E-state index contributed by atoms with van der Waals surface area (Å²) in [6, 6.07) is 1.22. The van der Waals surface area contributed by atoms with E-state index in [1.807, 2.05) is 0 Å². The van der Waals surface area contributed by atoms with E-state index in [0.29, 0.717) is 12.1 Å². The Labute approximate surface area is 135 Å². The van der Waals surface area contributed by atoms with Gasteiger partial charge in [-0.1, -0.05) is 0 Å². The molecular formula is C10H12BrFN2O6S2.